The number of carbonyl (C=O) groups excluding carboxylic acids is 1. The number of hydrogen-bond donors (Lipinski definition) is 0. The monoisotopic (exact) mass is 368 g/mol. The van der Waals surface area contributed by atoms with E-state index in [0.717, 1.165) is 31.4 Å². The first-order chi connectivity index (χ1) is 13.1. The normalized spacial score (nSPS) is 17.7. The summed E-state index contributed by atoms with van der Waals surface area (Å²) >= 11 is 0. The van der Waals surface area contributed by atoms with Crippen LogP contribution in [0.3, 0.4) is 0 Å². The Bertz CT molecular complexity index is 787. The molecule has 27 heavy (non-hydrogen) atoms. The van der Waals surface area contributed by atoms with Gasteiger partial charge in [-0.05, 0) is 48.7 Å². The molecule has 1 aromatic heterocycles. The lowest BCUT2D eigenvalue weighted by molar-refractivity contribution is -0.128. The number of likely N-dealkylation sites (tertiary alicyclic amines) is 1. The fourth-order valence-corrected chi connectivity index (χ4v) is 3.69. The molecule has 2 heterocycles. The van der Waals surface area contributed by atoms with Crippen molar-refractivity contribution in [3.63, 3.8) is 0 Å². The Morgan fingerprint density at radius 3 is 2.48 bits per heavy atom. The van der Waals surface area contributed by atoms with Crippen molar-refractivity contribution in [2.75, 3.05) is 20.8 Å². The Kier molecular flexibility index (Phi) is 6.22. The minimum Gasteiger partial charge on any atom is -0.497 e. The fourth-order valence-electron chi connectivity index (χ4n) is 3.69. The Morgan fingerprint density at radius 1 is 1.11 bits per heavy atom. The maximum atomic E-state index is 13.0. The van der Waals surface area contributed by atoms with Gasteiger partial charge in [-0.2, -0.15) is 0 Å². The first kappa shape index (κ1) is 19.1. The molecule has 2 aromatic rings. The van der Waals surface area contributed by atoms with E-state index >= 15 is 0 Å². The van der Waals surface area contributed by atoms with Gasteiger partial charge in [-0.25, -0.2) is 0 Å². The second kappa shape index (κ2) is 8.80. The number of rotatable bonds is 5. The number of ether oxygens (including phenoxy) is 2. The van der Waals surface area contributed by atoms with Crippen molar-refractivity contribution >= 4 is 12.0 Å². The molecule has 1 aliphatic heterocycles. The van der Waals surface area contributed by atoms with Gasteiger partial charge in [0.25, 0.3) is 0 Å². The fraction of sp³-hybridized carbons (Fsp3) is 0.409. The third-order valence-electron chi connectivity index (χ3n) is 5.15. The number of aromatic nitrogens is 1. The summed E-state index contributed by atoms with van der Waals surface area (Å²) in [5.41, 5.74) is 2.08. The molecule has 0 bridgehead atoms. The lowest BCUT2D eigenvalue weighted by Gasteiger charge is -2.29. The smallest absolute Gasteiger partial charge is 0.247 e. The molecule has 0 radical (unpaired) electrons. The van der Waals surface area contributed by atoms with Gasteiger partial charge in [-0.1, -0.05) is 12.8 Å². The zero-order valence-corrected chi connectivity index (χ0v) is 16.4. The number of nitrogens with zero attached hydrogens (tertiary/aromatic N) is 2. The second-order valence-electron chi connectivity index (χ2n) is 6.92. The summed E-state index contributed by atoms with van der Waals surface area (Å²) in [5, 5.41) is 0. The molecular formula is C22H28N2O3. The van der Waals surface area contributed by atoms with Gasteiger partial charge < -0.3 is 18.9 Å². The van der Waals surface area contributed by atoms with Gasteiger partial charge in [-0.3, -0.25) is 4.79 Å². The largest absolute Gasteiger partial charge is 0.497 e. The van der Waals surface area contributed by atoms with Gasteiger partial charge in [0, 0.05) is 37.6 Å². The molecule has 1 aromatic carbocycles. The van der Waals surface area contributed by atoms with Gasteiger partial charge in [0.05, 0.1) is 20.3 Å². The molecular weight excluding hydrogens is 340 g/mol. The zero-order valence-electron chi connectivity index (χ0n) is 16.4. The molecule has 5 nitrogen and oxygen atoms in total. The van der Waals surface area contributed by atoms with Crippen molar-refractivity contribution in [3.05, 3.63) is 53.9 Å². The highest BCUT2D eigenvalue weighted by molar-refractivity contribution is 5.92. The molecule has 1 fully saturated rings. The van der Waals surface area contributed by atoms with E-state index in [4.69, 9.17) is 9.47 Å². The Labute approximate surface area is 161 Å². The van der Waals surface area contributed by atoms with Crippen LogP contribution in [0.25, 0.3) is 6.08 Å². The van der Waals surface area contributed by atoms with Crippen LogP contribution >= 0.6 is 0 Å². The van der Waals surface area contributed by atoms with E-state index in [2.05, 4.69) is 10.6 Å². The van der Waals surface area contributed by atoms with Gasteiger partial charge in [0.15, 0.2) is 0 Å². The maximum absolute atomic E-state index is 13.0. The summed E-state index contributed by atoms with van der Waals surface area (Å²) < 4.78 is 12.7. The van der Waals surface area contributed by atoms with Crippen molar-refractivity contribution in [1.82, 2.24) is 9.47 Å². The molecule has 0 saturated carbocycles. The Morgan fingerprint density at radius 2 is 1.85 bits per heavy atom. The molecule has 5 heteroatoms. The molecule has 1 atom stereocenters. The van der Waals surface area contributed by atoms with Gasteiger partial charge in [-0.15, -0.1) is 0 Å². The maximum Gasteiger partial charge on any atom is 0.247 e. The van der Waals surface area contributed by atoms with Gasteiger partial charge >= 0.3 is 0 Å². The Balaban J connectivity index is 1.82. The molecule has 1 aliphatic rings. The second-order valence-corrected chi connectivity index (χ2v) is 6.92. The molecule has 0 N–H and O–H groups in total. The lowest BCUT2D eigenvalue weighted by Crippen LogP contribution is -2.34. The van der Waals surface area contributed by atoms with Crippen molar-refractivity contribution in [2.45, 2.75) is 31.7 Å². The summed E-state index contributed by atoms with van der Waals surface area (Å²) in [6.45, 7) is 0.792. The van der Waals surface area contributed by atoms with Crippen LogP contribution in [0.15, 0.2) is 42.6 Å². The van der Waals surface area contributed by atoms with Gasteiger partial charge in [0.2, 0.25) is 5.91 Å². The predicted octanol–water partition coefficient (Wildman–Crippen LogP) is 4.20. The number of benzene rings is 1. The topological polar surface area (TPSA) is 43.7 Å². The van der Waals surface area contributed by atoms with Crippen LogP contribution in [0.5, 0.6) is 11.5 Å². The van der Waals surface area contributed by atoms with Crippen LogP contribution in [0, 0.1) is 0 Å². The van der Waals surface area contributed by atoms with Crippen LogP contribution in [-0.4, -0.2) is 36.1 Å². The van der Waals surface area contributed by atoms with Crippen LogP contribution in [-0.2, 0) is 11.8 Å². The molecule has 0 spiro atoms. The highest BCUT2D eigenvalue weighted by Gasteiger charge is 2.26. The van der Waals surface area contributed by atoms with E-state index in [0.29, 0.717) is 11.5 Å². The van der Waals surface area contributed by atoms with E-state index in [9.17, 15) is 4.79 Å². The number of methoxy groups -OCH3 is 2. The van der Waals surface area contributed by atoms with Crippen molar-refractivity contribution < 1.29 is 14.3 Å². The average molecular weight is 368 g/mol. The molecule has 3 rings (SSSR count). The minimum atomic E-state index is 0.0462. The number of amides is 1. The standard InChI is InChI=1S/C22H28N2O3/c1-23-12-7-9-20(23)21-8-5-4-6-13-24(21)22(25)11-10-17-14-18(26-2)16-19(15-17)27-3/h7,9-12,14-16,21H,4-6,8,13H2,1-3H3/b11-10+/t21-/m1/s1. The third kappa shape index (κ3) is 4.54. The summed E-state index contributed by atoms with van der Waals surface area (Å²) in [4.78, 5) is 15.0. The summed E-state index contributed by atoms with van der Waals surface area (Å²) in [7, 11) is 5.28. The van der Waals surface area contributed by atoms with E-state index < -0.39 is 0 Å². The average Bonchev–Trinajstić information content (AvgIpc) is 2.97. The predicted molar refractivity (Wildman–Crippen MR) is 107 cm³/mol. The molecule has 0 aliphatic carbocycles. The third-order valence-corrected chi connectivity index (χ3v) is 5.15. The highest BCUT2D eigenvalue weighted by atomic mass is 16.5. The summed E-state index contributed by atoms with van der Waals surface area (Å²) in [6, 6.07) is 9.89. The van der Waals surface area contributed by atoms with E-state index in [-0.39, 0.29) is 11.9 Å². The first-order valence-electron chi connectivity index (χ1n) is 9.45. The molecule has 0 unspecified atom stereocenters. The zero-order chi connectivity index (χ0) is 19.2. The molecule has 1 saturated heterocycles. The number of aryl methyl sites for hydroxylation is 1. The summed E-state index contributed by atoms with van der Waals surface area (Å²) in [5.74, 6) is 1.46. The van der Waals surface area contributed by atoms with Crippen LogP contribution in [0.1, 0.15) is 43.0 Å². The first-order valence-corrected chi connectivity index (χ1v) is 9.45. The van der Waals surface area contributed by atoms with E-state index in [1.165, 1.54) is 12.1 Å². The van der Waals surface area contributed by atoms with E-state index in [1.54, 1.807) is 20.3 Å². The summed E-state index contributed by atoms with van der Waals surface area (Å²) in [6.07, 6.45) is 9.91. The van der Waals surface area contributed by atoms with Crippen LogP contribution < -0.4 is 9.47 Å². The number of hydrogen-bond acceptors (Lipinski definition) is 3. The molecule has 1 amide bonds. The Hall–Kier alpha value is -2.69. The highest BCUT2D eigenvalue weighted by Crippen LogP contribution is 2.30. The molecule has 144 valence electrons. The van der Waals surface area contributed by atoms with Crippen LogP contribution in [0.2, 0.25) is 0 Å². The van der Waals surface area contributed by atoms with Crippen molar-refractivity contribution in [1.29, 1.82) is 0 Å². The number of carbonyl (C=O) groups is 1. The quantitative estimate of drug-likeness (QED) is 0.743. The van der Waals surface area contributed by atoms with Crippen molar-refractivity contribution in [2.24, 2.45) is 7.05 Å². The SMILES string of the molecule is COc1cc(/C=C/C(=O)N2CCCCC[C@@H]2c2cccn2C)cc(OC)c1. The minimum absolute atomic E-state index is 0.0462. The van der Waals surface area contributed by atoms with Crippen molar-refractivity contribution in [3.8, 4) is 11.5 Å². The lowest BCUT2D eigenvalue weighted by atomic mass is 10.1. The van der Waals surface area contributed by atoms with Gasteiger partial charge in [0.1, 0.15) is 11.5 Å². The van der Waals surface area contributed by atoms with Crippen LogP contribution in [0.4, 0.5) is 0 Å². The van der Waals surface area contributed by atoms with E-state index in [1.807, 2.05) is 48.5 Å².